The number of amides is 1. The molecule has 1 aromatic heterocycles. The van der Waals surface area contributed by atoms with Gasteiger partial charge in [-0.2, -0.15) is 0 Å². The first-order chi connectivity index (χ1) is 8.27. The quantitative estimate of drug-likeness (QED) is 0.873. The minimum Gasteiger partial charge on any atom is -0.353 e. The summed E-state index contributed by atoms with van der Waals surface area (Å²) in [5, 5.41) is 3.84. The third-order valence-electron chi connectivity index (χ3n) is 2.45. The van der Waals surface area contributed by atoms with Crippen molar-refractivity contribution in [2.75, 3.05) is 6.54 Å². The van der Waals surface area contributed by atoms with E-state index in [1.54, 1.807) is 6.20 Å². The fourth-order valence-corrected chi connectivity index (χ4v) is 1.66. The van der Waals surface area contributed by atoms with Gasteiger partial charge in [0, 0.05) is 25.1 Å². The zero-order valence-electron chi connectivity index (χ0n) is 9.68. The maximum absolute atomic E-state index is 10.7. The van der Waals surface area contributed by atoms with Crippen LogP contribution in [0, 0.1) is 0 Å². The highest BCUT2D eigenvalue weighted by Gasteiger charge is 1.96. The van der Waals surface area contributed by atoms with Crippen LogP contribution in [0.25, 0.3) is 17.0 Å². The molecule has 0 unspecified atom stereocenters. The van der Waals surface area contributed by atoms with Gasteiger partial charge in [-0.25, -0.2) is 0 Å². The molecular weight excluding hydrogens is 212 g/mol. The van der Waals surface area contributed by atoms with Gasteiger partial charge in [-0.3, -0.25) is 9.78 Å². The molecule has 0 aliphatic carbocycles. The van der Waals surface area contributed by atoms with Gasteiger partial charge in [0.2, 0.25) is 5.91 Å². The van der Waals surface area contributed by atoms with Gasteiger partial charge >= 0.3 is 0 Å². The molecular formula is C14H14N2O. The van der Waals surface area contributed by atoms with Crippen LogP contribution in [0.1, 0.15) is 12.5 Å². The summed E-state index contributed by atoms with van der Waals surface area (Å²) >= 11 is 0. The molecule has 86 valence electrons. The largest absolute Gasteiger partial charge is 0.353 e. The molecule has 1 N–H and O–H groups in total. The van der Waals surface area contributed by atoms with Crippen LogP contribution in [0.15, 0.2) is 42.6 Å². The van der Waals surface area contributed by atoms with E-state index in [0.717, 1.165) is 16.5 Å². The summed E-state index contributed by atoms with van der Waals surface area (Å²) in [6.45, 7) is 2.06. The third-order valence-corrected chi connectivity index (χ3v) is 2.45. The summed E-state index contributed by atoms with van der Waals surface area (Å²) in [7, 11) is 0. The number of carbonyl (C=O) groups is 1. The molecule has 1 heterocycles. The number of nitrogens with zero attached hydrogens (tertiary/aromatic N) is 1. The molecule has 3 heteroatoms. The van der Waals surface area contributed by atoms with Crippen LogP contribution in [-0.2, 0) is 4.79 Å². The van der Waals surface area contributed by atoms with Crippen LogP contribution in [-0.4, -0.2) is 17.4 Å². The number of carbonyl (C=O) groups excluding carboxylic acids is 1. The average Bonchev–Trinajstić information content (AvgIpc) is 2.34. The number of benzene rings is 1. The van der Waals surface area contributed by atoms with Crippen molar-refractivity contribution in [2.45, 2.75) is 6.92 Å². The Labute approximate surface area is 100 Å². The van der Waals surface area contributed by atoms with Crippen LogP contribution in [0.4, 0.5) is 0 Å². The van der Waals surface area contributed by atoms with Crippen molar-refractivity contribution < 1.29 is 4.79 Å². The predicted molar refractivity (Wildman–Crippen MR) is 69.5 cm³/mol. The first-order valence-electron chi connectivity index (χ1n) is 5.52. The summed E-state index contributed by atoms with van der Waals surface area (Å²) in [5.74, 6) is -0.0192. The minimum absolute atomic E-state index is 0.0192. The topological polar surface area (TPSA) is 42.0 Å². The first kappa shape index (κ1) is 11.3. The van der Waals surface area contributed by atoms with Crippen molar-refractivity contribution in [3.05, 3.63) is 48.2 Å². The van der Waals surface area contributed by atoms with E-state index in [9.17, 15) is 4.79 Å². The van der Waals surface area contributed by atoms with Crippen molar-refractivity contribution in [1.29, 1.82) is 0 Å². The predicted octanol–water partition coefficient (Wildman–Crippen LogP) is 2.38. The van der Waals surface area contributed by atoms with Crippen LogP contribution >= 0.6 is 0 Å². The Bertz CT molecular complexity index is 556. The molecule has 1 amide bonds. The lowest BCUT2D eigenvalue weighted by Gasteiger charge is -2.01. The van der Waals surface area contributed by atoms with E-state index in [1.807, 2.05) is 42.5 Å². The van der Waals surface area contributed by atoms with Gasteiger partial charge in [0.05, 0.1) is 5.52 Å². The van der Waals surface area contributed by atoms with E-state index in [2.05, 4.69) is 10.3 Å². The molecule has 17 heavy (non-hydrogen) atoms. The Kier molecular flexibility index (Phi) is 3.50. The monoisotopic (exact) mass is 226 g/mol. The van der Waals surface area contributed by atoms with Crippen molar-refractivity contribution in [1.82, 2.24) is 10.3 Å². The average molecular weight is 226 g/mol. The molecule has 0 fully saturated rings. The van der Waals surface area contributed by atoms with Gasteiger partial charge in [-0.1, -0.05) is 30.4 Å². The number of rotatable bonds is 3. The Hall–Kier alpha value is -2.16. The summed E-state index contributed by atoms with van der Waals surface area (Å²) in [5.41, 5.74) is 2.09. The lowest BCUT2D eigenvalue weighted by molar-refractivity contribution is -0.118. The highest BCUT2D eigenvalue weighted by atomic mass is 16.1. The molecule has 0 spiro atoms. The molecule has 0 saturated heterocycles. The van der Waals surface area contributed by atoms with E-state index in [1.165, 1.54) is 6.92 Å². The van der Waals surface area contributed by atoms with Crippen LogP contribution in [0.3, 0.4) is 0 Å². The molecule has 0 saturated carbocycles. The lowest BCUT2D eigenvalue weighted by atomic mass is 10.1. The molecule has 0 aliphatic heterocycles. The summed E-state index contributed by atoms with van der Waals surface area (Å²) < 4.78 is 0. The van der Waals surface area contributed by atoms with Crippen LogP contribution in [0.2, 0.25) is 0 Å². The number of aromatic nitrogens is 1. The zero-order valence-corrected chi connectivity index (χ0v) is 9.68. The molecule has 2 rings (SSSR count). The molecule has 0 bridgehead atoms. The van der Waals surface area contributed by atoms with Crippen LogP contribution in [0.5, 0.6) is 0 Å². The summed E-state index contributed by atoms with van der Waals surface area (Å²) in [6.07, 6.45) is 5.72. The third kappa shape index (κ3) is 2.91. The second-order valence-corrected chi connectivity index (χ2v) is 3.76. The van der Waals surface area contributed by atoms with Gasteiger partial charge in [0.15, 0.2) is 0 Å². The van der Waals surface area contributed by atoms with E-state index < -0.39 is 0 Å². The molecule has 2 aromatic rings. The van der Waals surface area contributed by atoms with Gasteiger partial charge < -0.3 is 5.32 Å². The molecule has 0 aliphatic rings. The van der Waals surface area contributed by atoms with E-state index in [4.69, 9.17) is 0 Å². The Morgan fingerprint density at radius 1 is 1.35 bits per heavy atom. The number of pyridine rings is 1. The normalized spacial score (nSPS) is 10.9. The van der Waals surface area contributed by atoms with E-state index in [-0.39, 0.29) is 5.91 Å². The number of nitrogens with one attached hydrogen (secondary N) is 1. The van der Waals surface area contributed by atoms with Crippen molar-refractivity contribution >= 4 is 22.9 Å². The Morgan fingerprint density at radius 2 is 2.24 bits per heavy atom. The number of hydrogen-bond donors (Lipinski definition) is 1. The van der Waals surface area contributed by atoms with E-state index in [0.29, 0.717) is 6.54 Å². The van der Waals surface area contributed by atoms with Gasteiger partial charge in [0.1, 0.15) is 0 Å². The zero-order chi connectivity index (χ0) is 12.1. The van der Waals surface area contributed by atoms with Crippen molar-refractivity contribution in [3.8, 4) is 0 Å². The second kappa shape index (κ2) is 5.25. The second-order valence-electron chi connectivity index (χ2n) is 3.76. The standard InChI is InChI=1S/C14H14N2O/c1-11(17)15-9-3-6-12-5-2-8-14-13(12)7-4-10-16-14/h2-8,10H,9H2,1H3,(H,15,17). The lowest BCUT2D eigenvalue weighted by Crippen LogP contribution is -2.19. The Morgan fingerprint density at radius 3 is 3.06 bits per heavy atom. The van der Waals surface area contributed by atoms with Gasteiger partial charge in [-0.15, -0.1) is 0 Å². The molecule has 0 radical (unpaired) electrons. The fourth-order valence-electron chi connectivity index (χ4n) is 1.66. The summed E-state index contributed by atoms with van der Waals surface area (Å²) in [4.78, 5) is 15.0. The SMILES string of the molecule is CC(=O)NCC=Cc1cccc2ncccc12. The summed E-state index contributed by atoms with van der Waals surface area (Å²) in [6, 6.07) is 9.97. The number of fused-ring (bicyclic) bond motifs is 1. The molecule has 0 atom stereocenters. The Balaban J connectivity index is 2.21. The molecule has 3 nitrogen and oxygen atoms in total. The number of hydrogen-bond acceptors (Lipinski definition) is 2. The van der Waals surface area contributed by atoms with Crippen LogP contribution < -0.4 is 5.32 Å². The maximum atomic E-state index is 10.7. The maximum Gasteiger partial charge on any atom is 0.217 e. The van der Waals surface area contributed by atoms with Crippen molar-refractivity contribution in [3.63, 3.8) is 0 Å². The van der Waals surface area contributed by atoms with Crippen molar-refractivity contribution in [2.24, 2.45) is 0 Å². The minimum atomic E-state index is -0.0192. The van der Waals surface area contributed by atoms with Gasteiger partial charge in [-0.05, 0) is 17.7 Å². The smallest absolute Gasteiger partial charge is 0.217 e. The fraction of sp³-hybridized carbons (Fsp3) is 0.143. The highest BCUT2D eigenvalue weighted by molar-refractivity contribution is 5.87. The van der Waals surface area contributed by atoms with E-state index >= 15 is 0 Å². The van der Waals surface area contributed by atoms with Gasteiger partial charge in [0.25, 0.3) is 0 Å². The highest BCUT2D eigenvalue weighted by Crippen LogP contribution is 2.17. The molecule has 1 aromatic carbocycles. The first-order valence-corrected chi connectivity index (χ1v) is 5.52.